The van der Waals surface area contributed by atoms with Crippen LogP contribution in [-0.2, 0) is 4.79 Å². The molecule has 5 nitrogen and oxygen atoms in total. The molecule has 0 radical (unpaired) electrons. The van der Waals surface area contributed by atoms with Crippen molar-refractivity contribution in [3.8, 4) is 5.75 Å². The minimum atomic E-state index is -0.277. The number of rotatable bonds is 5. The predicted molar refractivity (Wildman–Crippen MR) is 107 cm³/mol. The van der Waals surface area contributed by atoms with Crippen molar-refractivity contribution in [3.63, 3.8) is 0 Å². The highest BCUT2D eigenvalue weighted by Crippen LogP contribution is 2.38. The van der Waals surface area contributed by atoms with Crippen LogP contribution >= 0.6 is 47.8 Å². The number of carbonyl (C=O) groups is 1. The van der Waals surface area contributed by atoms with E-state index in [2.05, 4.69) is 63.6 Å². The van der Waals surface area contributed by atoms with Crippen LogP contribution in [0, 0.1) is 6.92 Å². The van der Waals surface area contributed by atoms with Gasteiger partial charge in [-0.05, 0) is 62.5 Å². The minimum Gasteiger partial charge on any atom is -0.506 e. The Kier molecular flexibility index (Phi) is 6.82. The number of nitrogens with one attached hydrogen (secondary N) is 2. The highest BCUT2D eigenvalue weighted by atomic mass is 79.9. The second kappa shape index (κ2) is 8.64. The quantitative estimate of drug-likeness (QED) is 0.401. The number of nitrogens with zero attached hydrogens (tertiary/aromatic N) is 1. The molecule has 2 rings (SSSR count). The number of aryl methyl sites for hydroxylation is 1. The van der Waals surface area contributed by atoms with Crippen LogP contribution in [0.4, 0.5) is 5.69 Å². The molecular weight excluding hydrogens is 506 g/mol. The summed E-state index contributed by atoms with van der Waals surface area (Å²) in [7, 11) is 0. The SMILES string of the molecule is Cc1cccc(NCC(=O)NN=Cc2c(Br)cc(Br)c(O)c2Br)c1. The Morgan fingerprint density at radius 1 is 1.25 bits per heavy atom. The molecule has 2 aromatic carbocycles. The van der Waals surface area contributed by atoms with E-state index in [1.165, 1.54) is 6.21 Å². The first-order chi connectivity index (χ1) is 11.4. The van der Waals surface area contributed by atoms with Gasteiger partial charge in [0, 0.05) is 15.7 Å². The smallest absolute Gasteiger partial charge is 0.259 e. The number of carbonyl (C=O) groups excluding carboxylic acids is 1. The molecule has 8 heteroatoms. The van der Waals surface area contributed by atoms with Gasteiger partial charge in [-0.3, -0.25) is 4.79 Å². The lowest BCUT2D eigenvalue weighted by Crippen LogP contribution is -2.25. The lowest BCUT2D eigenvalue weighted by atomic mass is 10.2. The average molecular weight is 520 g/mol. The van der Waals surface area contributed by atoms with Crippen molar-refractivity contribution in [1.82, 2.24) is 5.43 Å². The molecule has 1 amide bonds. The predicted octanol–water partition coefficient (Wildman–Crippen LogP) is 4.55. The van der Waals surface area contributed by atoms with Crippen LogP contribution in [0.15, 0.2) is 48.9 Å². The molecule has 0 fully saturated rings. The van der Waals surface area contributed by atoms with E-state index in [0.29, 0.717) is 14.5 Å². The molecule has 0 spiro atoms. The van der Waals surface area contributed by atoms with Crippen molar-refractivity contribution >= 4 is 65.6 Å². The van der Waals surface area contributed by atoms with Crippen molar-refractivity contribution < 1.29 is 9.90 Å². The summed E-state index contributed by atoms with van der Waals surface area (Å²) >= 11 is 9.91. The Balaban J connectivity index is 1.94. The summed E-state index contributed by atoms with van der Waals surface area (Å²) in [5, 5.41) is 16.8. The van der Waals surface area contributed by atoms with Gasteiger partial charge in [-0.2, -0.15) is 5.10 Å². The van der Waals surface area contributed by atoms with Gasteiger partial charge in [-0.15, -0.1) is 0 Å². The monoisotopic (exact) mass is 517 g/mol. The third kappa shape index (κ3) is 5.06. The first-order valence-electron chi connectivity index (χ1n) is 6.87. The largest absolute Gasteiger partial charge is 0.506 e. The van der Waals surface area contributed by atoms with E-state index in [-0.39, 0.29) is 18.2 Å². The van der Waals surface area contributed by atoms with Crippen molar-refractivity contribution in [2.75, 3.05) is 11.9 Å². The fourth-order valence-electron chi connectivity index (χ4n) is 1.86. The van der Waals surface area contributed by atoms with Gasteiger partial charge in [0.25, 0.3) is 5.91 Å². The van der Waals surface area contributed by atoms with E-state index in [1.54, 1.807) is 6.07 Å². The molecule has 0 saturated carbocycles. The molecule has 24 heavy (non-hydrogen) atoms. The number of anilines is 1. The Morgan fingerprint density at radius 2 is 2.00 bits per heavy atom. The molecule has 0 aliphatic carbocycles. The number of hydrazone groups is 1. The number of benzene rings is 2. The maximum absolute atomic E-state index is 11.8. The Morgan fingerprint density at radius 3 is 2.71 bits per heavy atom. The summed E-state index contributed by atoms with van der Waals surface area (Å²) in [6.07, 6.45) is 1.45. The fourth-order valence-corrected chi connectivity index (χ4v) is 4.18. The molecule has 0 aromatic heterocycles. The summed E-state index contributed by atoms with van der Waals surface area (Å²) in [6, 6.07) is 9.45. The van der Waals surface area contributed by atoms with Gasteiger partial charge in [-0.1, -0.05) is 28.1 Å². The lowest BCUT2D eigenvalue weighted by molar-refractivity contribution is -0.119. The standard InChI is InChI=1S/C16H14Br3N3O2/c1-9-3-2-4-10(5-9)20-8-14(23)22-21-7-11-12(17)6-13(18)16(24)15(11)19/h2-7,20,24H,8H2,1H3,(H,22,23). The summed E-state index contributed by atoms with van der Waals surface area (Å²) in [5.74, 6) is -0.214. The van der Waals surface area contributed by atoms with Gasteiger partial charge in [0.1, 0.15) is 5.75 Å². The first kappa shape index (κ1) is 19.0. The van der Waals surface area contributed by atoms with E-state index in [0.717, 1.165) is 15.7 Å². The number of halogens is 3. The van der Waals surface area contributed by atoms with Gasteiger partial charge >= 0.3 is 0 Å². The van der Waals surface area contributed by atoms with E-state index >= 15 is 0 Å². The maximum atomic E-state index is 11.8. The van der Waals surface area contributed by atoms with E-state index in [4.69, 9.17) is 0 Å². The molecule has 2 aromatic rings. The van der Waals surface area contributed by atoms with E-state index in [1.807, 2.05) is 31.2 Å². The Labute approximate surface area is 164 Å². The Bertz CT molecular complexity index is 794. The first-order valence-corrected chi connectivity index (χ1v) is 9.25. The topological polar surface area (TPSA) is 73.7 Å². The van der Waals surface area contributed by atoms with Gasteiger partial charge in [0.15, 0.2) is 0 Å². The summed E-state index contributed by atoms with van der Waals surface area (Å²) in [5.41, 5.74) is 5.04. The minimum absolute atomic E-state index is 0.0621. The molecule has 0 bridgehead atoms. The second-order valence-electron chi connectivity index (χ2n) is 4.93. The van der Waals surface area contributed by atoms with Crippen LogP contribution < -0.4 is 10.7 Å². The number of phenolic OH excluding ortho intramolecular Hbond substituents is 1. The number of hydrogen-bond acceptors (Lipinski definition) is 4. The second-order valence-corrected chi connectivity index (χ2v) is 7.43. The molecule has 0 atom stereocenters. The van der Waals surface area contributed by atoms with Crippen LogP contribution in [0.25, 0.3) is 0 Å². The molecule has 0 aliphatic heterocycles. The van der Waals surface area contributed by atoms with E-state index < -0.39 is 0 Å². The molecule has 126 valence electrons. The summed E-state index contributed by atoms with van der Waals surface area (Å²) < 4.78 is 1.74. The number of amides is 1. The molecular formula is C16H14Br3N3O2. The highest BCUT2D eigenvalue weighted by Gasteiger charge is 2.12. The summed E-state index contributed by atoms with van der Waals surface area (Å²) in [6.45, 7) is 2.09. The molecule has 0 saturated heterocycles. The third-order valence-corrected chi connectivity index (χ3v) is 5.10. The van der Waals surface area contributed by atoms with Crippen LogP contribution in [0.3, 0.4) is 0 Å². The number of phenols is 1. The molecule has 3 N–H and O–H groups in total. The average Bonchev–Trinajstić information content (AvgIpc) is 2.54. The molecule has 0 heterocycles. The lowest BCUT2D eigenvalue weighted by Gasteiger charge is -2.07. The fraction of sp³-hybridized carbons (Fsp3) is 0.125. The van der Waals surface area contributed by atoms with Crippen LogP contribution in [-0.4, -0.2) is 23.8 Å². The van der Waals surface area contributed by atoms with Gasteiger partial charge in [0.05, 0.1) is 21.7 Å². The highest BCUT2D eigenvalue weighted by molar-refractivity contribution is 9.11. The number of hydrogen-bond donors (Lipinski definition) is 3. The van der Waals surface area contributed by atoms with Gasteiger partial charge in [0.2, 0.25) is 0 Å². The zero-order valence-electron chi connectivity index (χ0n) is 12.6. The van der Waals surface area contributed by atoms with Crippen molar-refractivity contribution in [2.24, 2.45) is 5.10 Å². The van der Waals surface area contributed by atoms with Crippen molar-refractivity contribution in [3.05, 3.63) is 54.9 Å². The van der Waals surface area contributed by atoms with Gasteiger partial charge in [-0.25, -0.2) is 5.43 Å². The Hall–Kier alpha value is -1.38. The third-order valence-electron chi connectivity index (χ3n) is 3.04. The van der Waals surface area contributed by atoms with Crippen molar-refractivity contribution in [1.29, 1.82) is 0 Å². The zero-order valence-corrected chi connectivity index (χ0v) is 17.4. The number of aromatic hydroxyl groups is 1. The van der Waals surface area contributed by atoms with Crippen molar-refractivity contribution in [2.45, 2.75) is 6.92 Å². The zero-order chi connectivity index (χ0) is 17.7. The maximum Gasteiger partial charge on any atom is 0.259 e. The van der Waals surface area contributed by atoms with Crippen LogP contribution in [0.2, 0.25) is 0 Å². The normalized spacial score (nSPS) is 10.8. The van der Waals surface area contributed by atoms with E-state index in [9.17, 15) is 9.90 Å². The molecule has 0 aliphatic rings. The van der Waals surface area contributed by atoms with Crippen LogP contribution in [0.1, 0.15) is 11.1 Å². The molecule has 0 unspecified atom stereocenters. The summed E-state index contributed by atoms with van der Waals surface area (Å²) in [4.78, 5) is 11.8. The van der Waals surface area contributed by atoms with Gasteiger partial charge < -0.3 is 10.4 Å². The van der Waals surface area contributed by atoms with Crippen LogP contribution in [0.5, 0.6) is 5.75 Å².